The Morgan fingerprint density at radius 3 is 2.19 bits per heavy atom. The molecular weight excluding hydrogens is 227 g/mol. The monoisotopic (exact) mass is 239 g/mol. The molecule has 1 rings (SSSR count). The van der Waals surface area contributed by atoms with Crippen molar-refractivity contribution >= 4 is 11.9 Å². The smallest absolute Gasteiger partial charge is 0.389 e. The van der Waals surface area contributed by atoms with Crippen LogP contribution < -0.4 is 0 Å². The van der Waals surface area contributed by atoms with Crippen LogP contribution in [0.4, 0.5) is 13.2 Å². The molecule has 0 radical (unpaired) electrons. The molecule has 16 heavy (non-hydrogen) atoms. The van der Waals surface area contributed by atoms with Crippen LogP contribution in [-0.2, 0) is 14.3 Å². The molecule has 0 bridgehead atoms. The third-order valence-corrected chi connectivity index (χ3v) is 2.12. The fourth-order valence-corrected chi connectivity index (χ4v) is 1.43. The highest BCUT2D eigenvalue weighted by atomic mass is 19.4. The van der Waals surface area contributed by atoms with Crippen LogP contribution in [0.3, 0.4) is 0 Å². The summed E-state index contributed by atoms with van der Waals surface area (Å²) in [6, 6.07) is 0. The Labute approximate surface area is 90.3 Å². The molecule has 0 amide bonds. The number of unbranched alkanes of at least 4 members (excludes halogenated alkanes) is 1. The van der Waals surface area contributed by atoms with Gasteiger partial charge in [0.15, 0.2) is 0 Å². The van der Waals surface area contributed by atoms with E-state index in [1.54, 1.807) is 0 Å². The van der Waals surface area contributed by atoms with E-state index in [4.69, 9.17) is 0 Å². The number of ether oxygens (including phenoxy) is 1. The number of halogens is 3. The van der Waals surface area contributed by atoms with E-state index in [0.717, 1.165) is 0 Å². The van der Waals surface area contributed by atoms with Crippen LogP contribution in [0.2, 0.25) is 0 Å². The minimum Gasteiger partial charge on any atom is -0.391 e. The number of morpholine rings is 1. The number of cyclic esters (lactones) is 2. The second-order valence-electron chi connectivity index (χ2n) is 3.63. The van der Waals surface area contributed by atoms with E-state index < -0.39 is 24.5 Å². The van der Waals surface area contributed by atoms with Gasteiger partial charge in [-0.25, -0.2) is 0 Å². The number of rotatable bonds is 4. The molecule has 1 aliphatic heterocycles. The summed E-state index contributed by atoms with van der Waals surface area (Å²) in [7, 11) is 0. The molecule has 7 heteroatoms. The van der Waals surface area contributed by atoms with Gasteiger partial charge >= 0.3 is 18.1 Å². The quantitative estimate of drug-likeness (QED) is 0.419. The maximum Gasteiger partial charge on any atom is 0.389 e. The van der Waals surface area contributed by atoms with Crippen LogP contribution in [0.5, 0.6) is 0 Å². The molecule has 1 fully saturated rings. The van der Waals surface area contributed by atoms with E-state index in [2.05, 4.69) is 4.74 Å². The van der Waals surface area contributed by atoms with Gasteiger partial charge in [-0.05, 0) is 19.4 Å². The summed E-state index contributed by atoms with van der Waals surface area (Å²) in [4.78, 5) is 23.1. The van der Waals surface area contributed by atoms with E-state index in [9.17, 15) is 22.8 Å². The first-order valence-electron chi connectivity index (χ1n) is 4.89. The third kappa shape index (κ3) is 5.11. The third-order valence-electron chi connectivity index (χ3n) is 2.12. The number of nitrogens with zero attached hydrogens (tertiary/aromatic N) is 1. The topological polar surface area (TPSA) is 46.6 Å². The highest BCUT2D eigenvalue weighted by Crippen LogP contribution is 2.22. The molecule has 0 atom stereocenters. The van der Waals surface area contributed by atoms with Crippen molar-refractivity contribution in [3.05, 3.63) is 0 Å². The van der Waals surface area contributed by atoms with Crippen LogP contribution in [0.25, 0.3) is 0 Å². The fraction of sp³-hybridized carbons (Fsp3) is 0.778. The maximum atomic E-state index is 11.8. The SMILES string of the molecule is O=C1CN(CCCCC(F)(F)F)CC(=O)O1. The number of hydrogen-bond donors (Lipinski definition) is 0. The average Bonchev–Trinajstić information content (AvgIpc) is 2.09. The van der Waals surface area contributed by atoms with Crippen molar-refractivity contribution in [2.75, 3.05) is 19.6 Å². The van der Waals surface area contributed by atoms with Crippen LogP contribution in [0.1, 0.15) is 19.3 Å². The lowest BCUT2D eigenvalue weighted by molar-refractivity contribution is -0.167. The van der Waals surface area contributed by atoms with Gasteiger partial charge in [-0.2, -0.15) is 13.2 Å². The van der Waals surface area contributed by atoms with E-state index >= 15 is 0 Å². The van der Waals surface area contributed by atoms with Crippen LogP contribution >= 0.6 is 0 Å². The molecule has 0 aromatic rings. The predicted octanol–water partition coefficient (Wildman–Crippen LogP) is 1.10. The summed E-state index contributed by atoms with van der Waals surface area (Å²) < 4.78 is 39.7. The van der Waals surface area contributed by atoms with Gasteiger partial charge in [-0.3, -0.25) is 14.5 Å². The zero-order valence-electron chi connectivity index (χ0n) is 8.55. The summed E-state index contributed by atoms with van der Waals surface area (Å²) >= 11 is 0. The Balaban J connectivity index is 2.18. The van der Waals surface area contributed by atoms with Crippen molar-refractivity contribution in [2.45, 2.75) is 25.4 Å². The summed E-state index contributed by atoms with van der Waals surface area (Å²) in [6.07, 6.45) is -4.67. The predicted molar refractivity (Wildman–Crippen MR) is 47.4 cm³/mol. The molecule has 0 aromatic carbocycles. The number of carbonyl (C=O) groups excluding carboxylic acids is 2. The minimum atomic E-state index is -4.14. The lowest BCUT2D eigenvalue weighted by Gasteiger charge is -2.23. The van der Waals surface area contributed by atoms with Crippen molar-refractivity contribution in [2.24, 2.45) is 0 Å². The number of esters is 2. The van der Waals surface area contributed by atoms with E-state index in [1.807, 2.05) is 0 Å². The molecule has 1 saturated heterocycles. The molecule has 0 unspecified atom stereocenters. The van der Waals surface area contributed by atoms with Crippen molar-refractivity contribution in [1.29, 1.82) is 0 Å². The molecule has 0 spiro atoms. The number of hydrogen-bond acceptors (Lipinski definition) is 4. The Hall–Kier alpha value is -1.11. The largest absolute Gasteiger partial charge is 0.391 e. The normalized spacial score (nSPS) is 18.7. The Kier molecular flexibility index (Phi) is 4.28. The molecule has 0 aromatic heterocycles. The maximum absolute atomic E-state index is 11.8. The van der Waals surface area contributed by atoms with Crippen LogP contribution in [0.15, 0.2) is 0 Å². The first-order valence-corrected chi connectivity index (χ1v) is 4.89. The average molecular weight is 239 g/mol. The van der Waals surface area contributed by atoms with Gasteiger partial charge in [0.05, 0.1) is 13.1 Å². The van der Waals surface area contributed by atoms with Gasteiger partial charge in [0.1, 0.15) is 0 Å². The zero-order valence-corrected chi connectivity index (χ0v) is 8.55. The second kappa shape index (κ2) is 5.29. The molecule has 1 aliphatic rings. The molecule has 0 aliphatic carbocycles. The molecule has 92 valence electrons. The summed E-state index contributed by atoms with van der Waals surface area (Å²) in [5.41, 5.74) is 0. The van der Waals surface area contributed by atoms with Gasteiger partial charge < -0.3 is 4.74 Å². The molecule has 0 saturated carbocycles. The number of alkyl halides is 3. The Morgan fingerprint density at radius 2 is 1.69 bits per heavy atom. The summed E-state index contributed by atoms with van der Waals surface area (Å²) in [6.45, 7) is 0.242. The van der Waals surface area contributed by atoms with E-state index in [-0.39, 0.29) is 19.5 Å². The van der Waals surface area contributed by atoms with Crippen LogP contribution in [-0.4, -0.2) is 42.6 Å². The standard InChI is InChI=1S/C9H12F3NO3/c10-9(11,12)3-1-2-4-13-5-7(14)16-8(15)6-13/h1-6H2. The second-order valence-corrected chi connectivity index (χ2v) is 3.63. The first kappa shape index (κ1) is 13.0. The first-order chi connectivity index (χ1) is 7.37. The molecular formula is C9H12F3NO3. The van der Waals surface area contributed by atoms with Crippen LogP contribution in [0, 0.1) is 0 Å². The van der Waals surface area contributed by atoms with E-state index in [0.29, 0.717) is 13.0 Å². The minimum absolute atomic E-state index is 0.00321. The van der Waals surface area contributed by atoms with Gasteiger partial charge in [0.2, 0.25) is 0 Å². The molecule has 4 nitrogen and oxygen atoms in total. The number of carbonyl (C=O) groups is 2. The van der Waals surface area contributed by atoms with Gasteiger partial charge in [-0.15, -0.1) is 0 Å². The summed E-state index contributed by atoms with van der Waals surface area (Å²) in [5.74, 6) is -1.29. The lowest BCUT2D eigenvalue weighted by Crippen LogP contribution is -2.43. The molecule has 0 N–H and O–H groups in total. The van der Waals surface area contributed by atoms with Crippen molar-refractivity contribution in [1.82, 2.24) is 4.90 Å². The van der Waals surface area contributed by atoms with E-state index in [1.165, 1.54) is 4.90 Å². The van der Waals surface area contributed by atoms with Crippen molar-refractivity contribution in [3.63, 3.8) is 0 Å². The van der Waals surface area contributed by atoms with Crippen molar-refractivity contribution < 1.29 is 27.5 Å². The van der Waals surface area contributed by atoms with Crippen molar-refractivity contribution in [3.8, 4) is 0 Å². The van der Waals surface area contributed by atoms with Gasteiger partial charge in [-0.1, -0.05) is 0 Å². The zero-order chi connectivity index (χ0) is 12.2. The highest BCUT2D eigenvalue weighted by Gasteiger charge is 2.27. The Morgan fingerprint density at radius 1 is 1.12 bits per heavy atom. The highest BCUT2D eigenvalue weighted by molar-refractivity contribution is 5.90. The lowest BCUT2D eigenvalue weighted by atomic mass is 10.2. The Bertz CT molecular complexity index is 262. The van der Waals surface area contributed by atoms with Gasteiger partial charge in [0, 0.05) is 6.42 Å². The summed E-state index contributed by atoms with van der Waals surface area (Å²) in [5, 5.41) is 0. The van der Waals surface area contributed by atoms with Gasteiger partial charge in [0.25, 0.3) is 0 Å². The molecule has 1 heterocycles. The fourth-order valence-electron chi connectivity index (χ4n) is 1.43.